The second kappa shape index (κ2) is 3.70. The monoisotopic (exact) mass is 267 g/mol. The zero-order valence-electron chi connectivity index (χ0n) is 11.7. The van der Waals surface area contributed by atoms with Crippen LogP contribution in [0, 0.1) is 6.92 Å². The van der Waals surface area contributed by atoms with Gasteiger partial charge in [0.05, 0.1) is 5.52 Å². The van der Waals surface area contributed by atoms with Crippen LogP contribution in [-0.2, 0) is 0 Å². The minimum absolute atomic E-state index is 1.11. The van der Waals surface area contributed by atoms with Crippen LogP contribution in [0.4, 0.5) is 0 Å². The first-order valence-electron chi connectivity index (χ1n) is 7.25. The van der Waals surface area contributed by atoms with E-state index in [9.17, 15) is 0 Å². The van der Waals surface area contributed by atoms with E-state index in [4.69, 9.17) is 0 Å². The van der Waals surface area contributed by atoms with Crippen molar-refractivity contribution >= 4 is 43.2 Å². The summed E-state index contributed by atoms with van der Waals surface area (Å²) in [5, 5.41) is 9.14. The molecule has 1 aromatic heterocycles. The molecule has 0 aliphatic heterocycles. The number of rotatable bonds is 0. The van der Waals surface area contributed by atoms with Gasteiger partial charge in [0.1, 0.15) is 0 Å². The van der Waals surface area contributed by atoms with E-state index in [1.165, 1.54) is 43.3 Å². The Morgan fingerprint density at radius 1 is 0.714 bits per heavy atom. The summed E-state index contributed by atoms with van der Waals surface area (Å²) >= 11 is 0. The number of fused-ring (bicyclic) bond motifs is 3. The summed E-state index contributed by atoms with van der Waals surface area (Å²) in [6.07, 6.45) is 1.89. The molecule has 0 aliphatic rings. The van der Waals surface area contributed by atoms with Gasteiger partial charge in [0.15, 0.2) is 0 Å². The van der Waals surface area contributed by atoms with Gasteiger partial charge in [-0.15, -0.1) is 0 Å². The molecule has 98 valence electrons. The van der Waals surface area contributed by atoms with Crippen molar-refractivity contribution in [1.82, 2.24) is 4.98 Å². The van der Waals surface area contributed by atoms with Crippen LogP contribution in [0.25, 0.3) is 43.2 Å². The molecular formula is C20H13N. The van der Waals surface area contributed by atoms with Crippen molar-refractivity contribution in [3.63, 3.8) is 0 Å². The summed E-state index contributed by atoms with van der Waals surface area (Å²) in [5.41, 5.74) is 2.39. The van der Waals surface area contributed by atoms with Crippen LogP contribution >= 0.6 is 0 Å². The van der Waals surface area contributed by atoms with E-state index in [-0.39, 0.29) is 0 Å². The first kappa shape index (κ1) is 11.0. The molecule has 4 aromatic carbocycles. The molecule has 1 nitrogen and oxygen atoms in total. The van der Waals surface area contributed by atoms with Crippen molar-refractivity contribution in [2.45, 2.75) is 6.92 Å². The molecule has 5 rings (SSSR count). The van der Waals surface area contributed by atoms with E-state index >= 15 is 0 Å². The maximum Gasteiger partial charge on any atom is 0.0787 e. The van der Waals surface area contributed by atoms with E-state index in [1.807, 2.05) is 12.3 Å². The third kappa shape index (κ3) is 1.33. The predicted octanol–water partition coefficient (Wildman–Crippen LogP) is 5.44. The summed E-state index contributed by atoms with van der Waals surface area (Å²) in [7, 11) is 0. The van der Waals surface area contributed by atoms with Gasteiger partial charge in [-0.05, 0) is 51.6 Å². The fourth-order valence-corrected chi connectivity index (χ4v) is 3.64. The highest BCUT2D eigenvalue weighted by molar-refractivity contribution is 6.32. The smallest absolute Gasteiger partial charge is 0.0787 e. The number of pyridine rings is 1. The van der Waals surface area contributed by atoms with Crippen LogP contribution in [0.15, 0.2) is 60.8 Å². The summed E-state index contributed by atoms with van der Waals surface area (Å²) in [4.78, 5) is 4.67. The maximum atomic E-state index is 4.67. The van der Waals surface area contributed by atoms with E-state index in [0.717, 1.165) is 5.52 Å². The molecule has 0 saturated heterocycles. The van der Waals surface area contributed by atoms with Crippen molar-refractivity contribution in [2.24, 2.45) is 0 Å². The lowest BCUT2D eigenvalue weighted by Gasteiger charge is -2.14. The van der Waals surface area contributed by atoms with Crippen LogP contribution < -0.4 is 0 Å². The number of aromatic nitrogens is 1. The maximum absolute atomic E-state index is 4.67. The van der Waals surface area contributed by atoms with Crippen LogP contribution in [-0.4, -0.2) is 4.98 Å². The molecule has 0 aliphatic carbocycles. The second-order valence-electron chi connectivity index (χ2n) is 5.78. The average molecular weight is 267 g/mol. The predicted molar refractivity (Wildman–Crippen MR) is 90.2 cm³/mol. The Balaban J connectivity index is 2.31. The van der Waals surface area contributed by atoms with Gasteiger partial charge in [0.25, 0.3) is 0 Å². The topological polar surface area (TPSA) is 12.9 Å². The van der Waals surface area contributed by atoms with Gasteiger partial charge in [0.2, 0.25) is 0 Å². The van der Waals surface area contributed by atoms with Crippen LogP contribution in [0.1, 0.15) is 5.56 Å². The summed E-state index contributed by atoms with van der Waals surface area (Å²) < 4.78 is 0. The number of hydrogen-bond donors (Lipinski definition) is 0. The number of aryl methyl sites for hydroxylation is 1. The minimum atomic E-state index is 1.11. The standard InChI is InChI=1S/C20H13N/c1-12-10-14-8-7-13-4-2-5-15-16-6-3-9-21-20(16)17(11-12)19(14)18(13)15/h2-11H,1H3. The van der Waals surface area contributed by atoms with Crippen molar-refractivity contribution in [3.05, 3.63) is 66.4 Å². The van der Waals surface area contributed by atoms with Gasteiger partial charge >= 0.3 is 0 Å². The highest BCUT2D eigenvalue weighted by Gasteiger charge is 2.13. The molecule has 0 N–H and O–H groups in total. The van der Waals surface area contributed by atoms with Gasteiger partial charge in [0, 0.05) is 17.0 Å². The summed E-state index contributed by atoms with van der Waals surface area (Å²) in [5.74, 6) is 0. The second-order valence-corrected chi connectivity index (χ2v) is 5.78. The minimum Gasteiger partial charge on any atom is -0.256 e. The van der Waals surface area contributed by atoms with Crippen molar-refractivity contribution in [3.8, 4) is 0 Å². The molecule has 1 heteroatoms. The molecule has 0 radical (unpaired) electrons. The molecule has 1 heterocycles. The highest BCUT2D eigenvalue weighted by Crippen LogP contribution is 2.40. The zero-order chi connectivity index (χ0) is 14.0. The number of hydrogen-bond acceptors (Lipinski definition) is 1. The van der Waals surface area contributed by atoms with E-state index < -0.39 is 0 Å². The largest absolute Gasteiger partial charge is 0.256 e. The first-order valence-corrected chi connectivity index (χ1v) is 7.25. The third-order valence-corrected chi connectivity index (χ3v) is 4.46. The van der Waals surface area contributed by atoms with Crippen LogP contribution in [0.5, 0.6) is 0 Å². The van der Waals surface area contributed by atoms with E-state index in [1.54, 1.807) is 0 Å². The lowest BCUT2D eigenvalue weighted by atomic mass is 9.90. The van der Waals surface area contributed by atoms with Crippen molar-refractivity contribution < 1.29 is 0 Å². The molecule has 0 saturated carbocycles. The van der Waals surface area contributed by atoms with Gasteiger partial charge < -0.3 is 0 Å². The molecule has 0 spiro atoms. The Hall–Kier alpha value is -2.67. The first-order chi connectivity index (χ1) is 10.3. The lowest BCUT2D eigenvalue weighted by molar-refractivity contribution is 1.43. The molecule has 21 heavy (non-hydrogen) atoms. The SMILES string of the molecule is Cc1cc2ccc3cccc4c5cccnc5c(c1)c2c34. The van der Waals surface area contributed by atoms with Crippen LogP contribution in [0.2, 0.25) is 0 Å². The zero-order valence-corrected chi connectivity index (χ0v) is 11.7. The summed E-state index contributed by atoms with van der Waals surface area (Å²) in [6.45, 7) is 2.16. The third-order valence-electron chi connectivity index (χ3n) is 4.46. The van der Waals surface area contributed by atoms with Crippen molar-refractivity contribution in [1.29, 1.82) is 0 Å². The Morgan fingerprint density at radius 3 is 2.48 bits per heavy atom. The Labute approximate surface area is 122 Å². The van der Waals surface area contributed by atoms with E-state index in [2.05, 4.69) is 60.4 Å². The number of benzene rings is 4. The molecule has 0 atom stereocenters. The molecule has 0 bridgehead atoms. The lowest BCUT2D eigenvalue weighted by Crippen LogP contribution is -1.89. The fourth-order valence-electron chi connectivity index (χ4n) is 3.64. The quantitative estimate of drug-likeness (QED) is 0.269. The summed E-state index contributed by atoms with van der Waals surface area (Å²) in [6, 6.07) is 19.7. The van der Waals surface area contributed by atoms with Gasteiger partial charge in [-0.25, -0.2) is 0 Å². The number of nitrogens with zero attached hydrogens (tertiary/aromatic N) is 1. The molecular weight excluding hydrogens is 254 g/mol. The Bertz CT molecular complexity index is 1140. The normalized spacial score (nSPS) is 12.0. The average Bonchev–Trinajstić information content (AvgIpc) is 2.53. The Morgan fingerprint density at radius 2 is 1.52 bits per heavy atom. The molecule has 0 unspecified atom stereocenters. The van der Waals surface area contributed by atoms with Gasteiger partial charge in [-0.3, -0.25) is 4.98 Å². The van der Waals surface area contributed by atoms with Crippen molar-refractivity contribution in [2.75, 3.05) is 0 Å². The van der Waals surface area contributed by atoms with Gasteiger partial charge in [-0.1, -0.05) is 42.5 Å². The van der Waals surface area contributed by atoms with Crippen LogP contribution in [0.3, 0.4) is 0 Å². The van der Waals surface area contributed by atoms with E-state index in [0.29, 0.717) is 0 Å². The fraction of sp³-hybridized carbons (Fsp3) is 0.0500. The molecule has 0 amide bonds. The molecule has 5 aromatic rings. The van der Waals surface area contributed by atoms with Gasteiger partial charge in [-0.2, -0.15) is 0 Å². The molecule has 0 fully saturated rings. The highest BCUT2D eigenvalue weighted by atomic mass is 14.6. The Kier molecular flexibility index (Phi) is 1.95.